The van der Waals surface area contributed by atoms with Crippen LogP contribution >= 0.6 is 11.3 Å². The lowest BCUT2D eigenvalue weighted by Gasteiger charge is -2.16. The van der Waals surface area contributed by atoms with Crippen LogP contribution in [0.4, 0.5) is 10.1 Å². The molecule has 4 rings (SSSR count). The van der Waals surface area contributed by atoms with E-state index < -0.39 is 0 Å². The zero-order valence-electron chi connectivity index (χ0n) is 19.0. The van der Waals surface area contributed by atoms with E-state index in [-0.39, 0.29) is 5.82 Å². The quantitative estimate of drug-likeness (QED) is 0.295. The van der Waals surface area contributed by atoms with Crippen molar-refractivity contribution in [2.75, 3.05) is 13.6 Å². The van der Waals surface area contributed by atoms with Gasteiger partial charge >= 0.3 is 0 Å². The molecule has 2 aromatic carbocycles. The highest BCUT2D eigenvalue weighted by molar-refractivity contribution is 7.10. The number of rotatable bonds is 6. The van der Waals surface area contributed by atoms with Gasteiger partial charge in [-0.15, -0.1) is 11.3 Å². The summed E-state index contributed by atoms with van der Waals surface area (Å²) in [5, 5.41) is 2.26. The second kappa shape index (κ2) is 9.35. The number of aryl methyl sites for hydroxylation is 3. The Balaban J connectivity index is 1.58. The van der Waals surface area contributed by atoms with Gasteiger partial charge in [-0.1, -0.05) is 18.2 Å². The lowest BCUT2D eigenvalue weighted by atomic mass is 9.89. The van der Waals surface area contributed by atoms with Crippen molar-refractivity contribution in [3.05, 3.63) is 74.2 Å². The largest absolute Gasteiger partial charge is 0.366 e. The van der Waals surface area contributed by atoms with Crippen molar-refractivity contribution in [2.45, 2.75) is 52.9 Å². The van der Waals surface area contributed by atoms with Crippen molar-refractivity contribution in [2.24, 2.45) is 4.99 Å². The predicted molar refractivity (Wildman–Crippen MR) is 132 cm³/mol. The predicted octanol–water partition coefficient (Wildman–Crippen LogP) is 7.25. The summed E-state index contributed by atoms with van der Waals surface area (Å²) in [7, 11) is 1.93. The molecule has 0 amide bonds. The molecule has 0 atom stereocenters. The number of hydrogen-bond acceptors (Lipinski definition) is 2. The number of thiophene rings is 1. The number of hydrogen-bond donors (Lipinski definition) is 0. The molecule has 0 bridgehead atoms. The maximum atomic E-state index is 14.7. The second-order valence-electron chi connectivity index (χ2n) is 8.61. The molecule has 0 fully saturated rings. The van der Waals surface area contributed by atoms with E-state index in [4.69, 9.17) is 0 Å². The van der Waals surface area contributed by atoms with E-state index in [9.17, 15) is 4.39 Å². The Morgan fingerprint density at radius 2 is 1.87 bits per heavy atom. The SMILES string of the molecule is CCN(C)C=Nc1cc(C)c(Cc2scc(-c3ccc4c(c3)CCCC4)c2C)cc1F. The molecule has 0 radical (unpaired) electrons. The summed E-state index contributed by atoms with van der Waals surface area (Å²) in [6, 6.07) is 10.5. The number of fused-ring (bicyclic) bond motifs is 1. The molecule has 0 spiro atoms. The van der Waals surface area contributed by atoms with Crippen LogP contribution in [-0.2, 0) is 19.3 Å². The van der Waals surface area contributed by atoms with Gasteiger partial charge in [-0.2, -0.15) is 0 Å². The van der Waals surface area contributed by atoms with Crippen LogP contribution in [0.25, 0.3) is 11.1 Å². The highest BCUT2D eigenvalue weighted by atomic mass is 32.1. The fourth-order valence-electron chi connectivity index (χ4n) is 4.23. The summed E-state index contributed by atoms with van der Waals surface area (Å²) >= 11 is 1.78. The van der Waals surface area contributed by atoms with Gasteiger partial charge in [0.15, 0.2) is 0 Å². The van der Waals surface area contributed by atoms with Crippen LogP contribution in [0.1, 0.15) is 52.5 Å². The lowest BCUT2D eigenvalue weighted by Crippen LogP contribution is -2.14. The molecule has 0 N–H and O–H groups in total. The summed E-state index contributed by atoms with van der Waals surface area (Å²) in [6.07, 6.45) is 7.45. The first-order chi connectivity index (χ1) is 15.0. The lowest BCUT2D eigenvalue weighted by molar-refractivity contribution is 0.551. The summed E-state index contributed by atoms with van der Waals surface area (Å²) in [5.74, 6) is -0.259. The van der Waals surface area contributed by atoms with E-state index in [1.807, 2.05) is 31.9 Å². The average Bonchev–Trinajstić information content (AvgIpc) is 3.14. The van der Waals surface area contributed by atoms with Crippen molar-refractivity contribution >= 4 is 23.4 Å². The summed E-state index contributed by atoms with van der Waals surface area (Å²) < 4.78 is 14.7. The third-order valence-corrected chi connectivity index (χ3v) is 7.54. The maximum Gasteiger partial charge on any atom is 0.149 e. The molecular weight excluding hydrogens is 403 g/mol. The Bertz CT molecular complexity index is 1110. The van der Waals surface area contributed by atoms with Crippen molar-refractivity contribution in [3.63, 3.8) is 0 Å². The topological polar surface area (TPSA) is 15.6 Å². The zero-order chi connectivity index (χ0) is 22.0. The molecule has 0 saturated carbocycles. The third-order valence-electron chi connectivity index (χ3n) is 6.45. The monoisotopic (exact) mass is 434 g/mol. The highest BCUT2D eigenvalue weighted by Gasteiger charge is 2.15. The van der Waals surface area contributed by atoms with Crippen LogP contribution in [0.3, 0.4) is 0 Å². The Hall–Kier alpha value is -2.46. The Kier molecular flexibility index (Phi) is 6.57. The average molecular weight is 435 g/mol. The molecule has 31 heavy (non-hydrogen) atoms. The molecular formula is C27H31FN2S. The molecule has 0 saturated heterocycles. The molecule has 1 aliphatic carbocycles. The zero-order valence-corrected chi connectivity index (χ0v) is 19.8. The third kappa shape index (κ3) is 4.74. The van der Waals surface area contributed by atoms with Crippen LogP contribution in [-0.4, -0.2) is 24.8 Å². The van der Waals surface area contributed by atoms with Crippen LogP contribution in [0, 0.1) is 19.7 Å². The van der Waals surface area contributed by atoms with E-state index >= 15 is 0 Å². The van der Waals surface area contributed by atoms with Crippen LogP contribution in [0.15, 0.2) is 40.7 Å². The van der Waals surface area contributed by atoms with E-state index in [2.05, 4.69) is 35.5 Å². The molecule has 1 aromatic heterocycles. The Labute approximate surface area is 189 Å². The Morgan fingerprint density at radius 3 is 2.65 bits per heavy atom. The van der Waals surface area contributed by atoms with Gasteiger partial charge in [0, 0.05) is 24.9 Å². The van der Waals surface area contributed by atoms with Crippen molar-refractivity contribution < 1.29 is 4.39 Å². The van der Waals surface area contributed by atoms with Gasteiger partial charge in [0.05, 0.1) is 6.34 Å². The molecule has 4 heteroatoms. The van der Waals surface area contributed by atoms with Gasteiger partial charge in [0.1, 0.15) is 11.5 Å². The maximum absolute atomic E-state index is 14.7. The van der Waals surface area contributed by atoms with Crippen LogP contribution < -0.4 is 0 Å². The number of aliphatic imine (C=N–C) groups is 1. The van der Waals surface area contributed by atoms with Gasteiger partial charge in [-0.05, 0) is 103 Å². The minimum absolute atomic E-state index is 0.259. The number of benzene rings is 2. The smallest absolute Gasteiger partial charge is 0.149 e. The standard InChI is InChI=1S/C27H31FN2S/c1-5-30(4)17-29-26-12-18(2)23(14-25(26)28)15-27-19(3)24(16-31-27)22-11-10-20-8-6-7-9-21(20)13-22/h10-14,16-17H,5-9,15H2,1-4H3. The summed E-state index contributed by atoms with van der Waals surface area (Å²) in [5.41, 5.74) is 9.48. The minimum Gasteiger partial charge on any atom is -0.366 e. The first-order valence-electron chi connectivity index (χ1n) is 11.2. The Morgan fingerprint density at radius 1 is 1.10 bits per heavy atom. The summed E-state index contributed by atoms with van der Waals surface area (Å²) in [4.78, 5) is 7.54. The molecule has 1 heterocycles. The fourth-order valence-corrected chi connectivity index (χ4v) is 5.33. The first-order valence-corrected chi connectivity index (χ1v) is 12.1. The van der Waals surface area contributed by atoms with Gasteiger partial charge in [-0.25, -0.2) is 9.38 Å². The minimum atomic E-state index is -0.259. The van der Waals surface area contributed by atoms with Gasteiger partial charge in [0.2, 0.25) is 0 Å². The van der Waals surface area contributed by atoms with E-state index in [0.717, 1.165) is 24.1 Å². The highest BCUT2D eigenvalue weighted by Crippen LogP contribution is 2.35. The van der Waals surface area contributed by atoms with E-state index in [0.29, 0.717) is 5.69 Å². The number of nitrogens with zero attached hydrogens (tertiary/aromatic N) is 2. The van der Waals surface area contributed by atoms with Crippen LogP contribution in [0.2, 0.25) is 0 Å². The van der Waals surface area contributed by atoms with Gasteiger partial charge < -0.3 is 4.90 Å². The van der Waals surface area contributed by atoms with Crippen LogP contribution in [0.5, 0.6) is 0 Å². The van der Waals surface area contributed by atoms with Crippen molar-refractivity contribution in [3.8, 4) is 11.1 Å². The molecule has 162 valence electrons. The fraction of sp³-hybridized carbons (Fsp3) is 0.370. The van der Waals surface area contributed by atoms with E-state index in [1.54, 1.807) is 23.7 Å². The van der Waals surface area contributed by atoms with Crippen molar-refractivity contribution in [1.29, 1.82) is 0 Å². The number of halogens is 1. The molecule has 3 aromatic rings. The summed E-state index contributed by atoms with van der Waals surface area (Å²) in [6.45, 7) is 7.13. The van der Waals surface area contributed by atoms with Gasteiger partial charge in [-0.3, -0.25) is 0 Å². The van der Waals surface area contributed by atoms with E-state index in [1.165, 1.54) is 58.4 Å². The second-order valence-corrected chi connectivity index (χ2v) is 9.58. The normalized spacial score (nSPS) is 13.6. The first kappa shape index (κ1) is 21.8. The molecule has 0 aliphatic heterocycles. The van der Waals surface area contributed by atoms with Crippen molar-refractivity contribution in [1.82, 2.24) is 4.90 Å². The molecule has 1 aliphatic rings. The van der Waals surface area contributed by atoms with Gasteiger partial charge in [0.25, 0.3) is 0 Å². The molecule has 2 nitrogen and oxygen atoms in total. The molecule has 0 unspecified atom stereocenters.